The fourth-order valence-electron chi connectivity index (χ4n) is 5.52. The van der Waals surface area contributed by atoms with Crippen molar-refractivity contribution in [3.8, 4) is 5.75 Å². The van der Waals surface area contributed by atoms with E-state index in [1.807, 2.05) is 6.07 Å². The number of rotatable bonds is 2. The SMILES string of the molecule is Cc1c(Cl)ccc2c1OC(C1CCC(C3CCCCC3)CC1)CC2. The molecule has 0 saturated heterocycles. The fourth-order valence-corrected chi connectivity index (χ4v) is 5.67. The van der Waals surface area contributed by atoms with E-state index in [1.54, 1.807) is 0 Å². The maximum absolute atomic E-state index is 6.48. The molecule has 1 atom stereocenters. The second-order valence-electron chi connectivity index (χ2n) is 8.43. The molecule has 1 unspecified atom stereocenters. The van der Waals surface area contributed by atoms with Crippen molar-refractivity contribution in [2.45, 2.75) is 83.7 Å². The molecule has 1 heterocycles. The summed E-state index contributed by atoms with van der Waals surface area (Å²) >= 11 is 6.30. The summed E-state index contributed by atoms with van der Waals surface area (Å²) in [4.78, 5) is 0. The van der Waals surface area contributed by atoms with Gasteiger partial charge in [-0.05, 0) is 74.8 Å². The fraction of sp³-hybridized carbons (Fsp3) is 0.727. The largest absolute Gasteiger partial charge is 0.490 e. The molecule has 0 amide bonds. The number of halogens is 1. The van der Waals surface area contributed by atoms with Crippen molar-refractivity contribution >= 4 is 11.6 Å². The van der Waals surface area contributed by atoms with Crippen LogP contribution < -0.4 is 4.74 Å². The molecule has 0 bridgehead atoms. The van der Waals surface area contributed by atoms with Crippen LogP contribution in [0.4, 0.5) is 0 Å². The van der Waals surface area contributed by atoms with Crippen LogP contribution in [0, 0.1) is 24.7 Å². The molecule has 2 saturated carbocycles. The van der Waals surface area contributed by atoms with Crippen LogP contribution in [-0.4, -0.2) is 6.10 Å². The molecule has 132 valence electrons. The molecule has 24 heavy (non-hydrogen) atoms. The van der Waals surface area contributed by atoms with Crippen LogP contribution in [-0.2, 0) is 6.42 Å². The van der Waals surface area contributed by atoms with Gasteiger partial charge in [-0.2, -0.15) is 0 Å². The predicted molar refractivity (Wildman–Crippen MR) is 101 cm³/mol. The minimum atomic E-state index is 0.418. The van der Waals surface area contributed by atoms with Gasteiger partial charge in [0.1, 0.15) is 11.9 Å². The highest BCUT2D eigenvalue weighted by molar-refractivity contribution is 6.31. The van der Waals surface area contributed by atoms with E-state index in [4.69, 9.17) is 16.3 Å². The Morgan fingerprint density at radius 2 is 1.50 bits per heavy atom. The lowest BCUT2D eigenvalue weighted by Gasteiger charge is -2.40. The number of hydrogen-bond donors (Lipinski definition) is 0. The minimum absolute atomic E-state index is 0.418. The number of aryl methyl sites for hydroxylation is 1. The van der Waals surface area contributed by atoms with Crippen molar-refractivity contribution in [1.29, 1.82) is 0 Å². The van der Waals surface area contributed by atoms with E-state index < -0.39 is 0 Å². The van der Waals surface area contributed by atoms with Gasteiger partial charge in [-0.25, -0.2) is 0 Å². The lowest BCUT2D eigenvalue weighted by atomic mass is 9.69. The number of benzene rings is 1. The Labute approximate surface area is 152 Å². The van der Waals surface area contributed by atoms with E-state index in [1.165, 1.54) is 69.8 Å². The Morgan fingerprint density at radius 1 is 0.833 bits per heavy atom. The highest BCUT2D eigenvalue weighted by atomic mass is 35.5. The van der Waals surface area contributed by atoms with Crippen molar-refractivity contribution in [2.24, 2.45) is 17.8 Å². The Bertz CT molecular complexity index is 568. The van der Waals surface area contributed by atoms with Crippen LogP contribution in [0.15, 0.2) is 12.1 Å². The molecule has 0 aromatic heterocycles. The third-order valence-electron chi connectivity index (χ3n) is 7.05. The van der Waals surface area contributed by atoms with Crippen LogP contribution in [0.2, 0.25) is 5.02 Å². The summed E-state index contributed by atoms with van der Waals surface area (Å²) in [5, 5.41) is 0.843. The van der Waals surface area contributed by atoms with Gasteiger partial charge < -0.3 is 4.74 Å². The summed E-state index contributed by atoms with van der Waals surface area (Å²) in [6, 6.07) is 4.18. The zero-order valence-electron chi connectivity index (χ0n) is 15.0. The van der Waals surface area contributed by atoms with Crippen LogP contribution in [0.5, 0.6) is 5.75 Å². The summed E-state index contributed by atoms with van der Waals surface area (Å²) in [5.41, 5.74) is 2.48. The molecule has 1 aromatic carbocycles. The first-order valence-electron chi connectivity index (χ1n) is 10.2. The van der Waals surface area contributed by atoms with Crippen LogP contribution in [0.3, 0.4) is 0 Å². The molecule has 1 aliphatic heterocycles. The van der Waals surface area contributed by atoms with Crippen LogP contribution >= 0.6 is 11.6 Å². The summed E-state index contributed by atoms with van der Waals surface area (Å²) < 4.78 is 6.48. The van der Waals surface area contributed by atoms with Gasteiger partial charge in [0.15, 0.2) is 0 Å². The average molecular weight is 347 g/mol. The second kappa shape index (κ2) is 7.28. The number of fused-ring (bicyclic) bond motifs is 1. The van der Waals surface area contributed by atoms with Gasteiger partial charge >= 0.3 is 0 Å². The van der Waals surface area contributed by atoms with Crippen LogP contribution in [0.1, 0.15) is 75.3 Å². The summed E-state index contributed by atoms with van der Waals surface area (Å²) in [7, 11) is 0. The third-order valence-corrected chi connectivity index (χ3v) is 7.46. The van der Waals surface area contributed by atoms with E-state index in [0.717, 1.165) is 40.5 Å². The first kappa shape index (κ1) is 16.8. The van der Waals surface area contributed by atoms with Gasteiger partial charge in [0.25, 0.3) is 0 Å². The number of ether oxygens (including phenoxy) is 1. The molecular weight excluding hydrogens is 316 g/mol. The van der Waals surface area contributed by atoms with Crippen molar-refractivity contribution in [3.05, 3.63) is 28.3 Å². The first-order chi connectivity index (χ1) is 11.7. The lowest BCUT2D eigenvalue weighted by molar-refractivity contribution is 0.0624. The zero-order valence-corrected chi connectivity index (χ0v) is 15.8. The summed E-state index contributed by atoms with van der Waals surface area (Å²) in [6.45, 7) is 2.10. The standard InChI is InChI=1S/C22H31ClO/c1-15-20(23)13-11-19-12-14-21(24-22(15)19)18-9-7-17(8-10-18)16-5-3-2-4-6-16/h11,13,16-18,21H,2-10,12,14H2,1H3. The molecule has 3 aliphatic rings. The molecule has 0 radical (unpaired) electrons. The maximum atomic E-state index is 6.48. The highest BCUT2D eigenvalue weighted by Crippen LogP contribution is 2.44. The van der Waals surface area contributed by atoms with E-state index in [9.17, 15) is 0 Å². The van der Waals surface area contributed by atoms with Gasteiger partial charge in [-0.3, -0.25) is 0 Å². The smallest absolute Gasteiger partial charge is 0.127 e. The van der Waals surface area contributed by atoms with Gasteiger partial charge in [-0.15, -0.1) is 0 Å². The van der Waals surface area contributed by atoms with Gasteiger partial charge in [-0.1, -0.05) is 49.8 Å². The highest BCUT2D eigenvalue weighted by Gasteiger charge is 2.34. The number of hydrogen-bond acceptors (Lipinski definition) is 1. The van der Waals surface area contributed by atoms with Gasteiger partial charge in [0, 0.05) is 10.6 Å². The third kappa shape index (κ3) is 3.34. The van der Waals surface area contributed by atoms with Crippen molar-refractivity contribution < 1.29 is 4.74 Å². The van der Waals surface area contributed by atoms with E-state index in [-0.39, 0.29) is 0 Å². The summed E-state index contributed by atoms with van der Waals surface area (Å²) in [6.07, 6.45) is 15.8. The molecule has 4 rings (SSSR count). The molecule has 2 heteroatoms. The Hall–Kier alpha value is -0.690. The first-order valence-corrected chi connectivity index (χ1v) is 10.5. The molecule has 2 fully saturated rings. The summed E-state index contributed by atoms with van der Waals surface area (Å²) in [5.74, 6) is 3.90. The monoisotopic (exact) mass is 346 g/mol. The van der Waals surface area contributed by atoms with E-state index >= 15 is 0 Å². The van der Waals surface area contributed by atoms with E-state index in [2.05, 4.69) is 13.0 Å². The Morgan fingerprint density at radius 3 is 2.25 bits per heavy atom. The lowest BCUT2D eigenvalue weighted by Crippen LogP contribution is -2.35. The zero-order chi connectivity index (χ0) is 16.5. The molecule has 0 spiro atoms. The van der Waals surface area contributed by atoms with Crippen molar-refractivity contribution in [2.75, 3.05) is 0 Å². The second-order valence-corrected chi connectivity index (χ2v) is 8.84. The van der Waals surface area contributed by atoms with Crippen molar-refractivity contribution in [1.82, 2.24) is 0 Å². The Balaban J connectivity index is 1.37. The van der Waals surface area contributed by atoms with E-state index in [0.29, 0.717) is 6.10 Å². The molecular formula is C22H31ClO. The maximum Gasteiger partial charge on any atom is 0.127 e. The molecule has 2 aliphatic carbocycles. The molecule has 1 nitrogen and oxygen atoms in total. The predicted octanol–water partition coefficient (Wildman–Crippen LogP) is 6.73. The van der Waals surface area contributed by atoms with Crippen molar-refractivity contribution in [3.63, 3.8) is 0 Å². The van der Waals surface area contributed by atoms with Gasteiger partial charge in [0.2, 0.25) is 0 Å². The Kier molecular flexibility index (Phi) is 5.08. The quantitative estimate of drug-likeness (QED) is 0.576. The van der Waals surface area contributed by atoms with Gasteiger partial charge in [0.05, 0.1) is 0 Å². The van der Waals surface area contributed by atoms with Crippen LogP contribution in [0.25, 0.3) is 0 Å². The topological polar surface area (TPSA) is 9.23 Å². The molecule has 1 aromatic rings. The minimum Gasteiger partial charge on any atom is -0.490 e. The normalized spacial score (nSPS) is 31.3. The average Bonchev–Trinajstić information content (AvgIpc) is 2.65. The molecule has 0 N–H and O–H groups in total.